The number of ether oxygens (including phenoxy) is 1. The molecule has 1 N–H and O–H groups in total. The summed E-state index contributed by atoms with van der Waals surface area (Å²) in [6.07, 6.45) is 0. The lowest BCUT2D eigenvalue weighted by Crippen LogP contribution is -2.29. The van der Waals surface area contributed by atoms with E-state index < -0.39 is 22.6 Å². The third kappa shape index (κ3) is 4.19. The van der Waals surface area contributed by atoms with E-state index in [0.29, 0.717) is 11.3 Å². The van der Waals surface area contributed by atoms with Crippen LogP contribution < -0.4 is 15.0 Å². The van der Waals surface area contributed by atoms with Crippen molar-refractivity contribution < 1.29 is 24.0 Å². The molecule has 0 atom stereocenters. The molecular formula is C28H19N3O6. The number of imide groups is 1. The summed E-state index contributed by atoms with van der Waals surface area (Å²) in [5.74, 6) is -1.46. The van der Waals surface area contributed by atoms with Gasteiger partial charge in [-0.1, -0.05) is 48.5 Å². The molecule has 0 bridgehead atoms. The van der Waals surface area contributed by atoms with Crippen LogP contribution in [0.5, 0.6) is 5.75 Å². The second-order valence-corrected chi connectivity index (χ2v) is 8.18. The molecule has 0 spiro atoms. The van der Waals surface area contributed by atoms with Gasteiger partial charge in [0.15, 0.2) is 0 Å². The maximum absolute atomic E-state index is 13.4. The van der Waals surface area contributed by atoms with Crippen LogP contribution in [0.3, 0.4) is 0 Å². The molecule has 0 saturated carbocycles. The summed E-state index contributed by atoms with van der Waals surface area (Å²) in [5.41, 5.74) is 1.92. The van der Waals surface area contributed by atoms with Crippen molar-refractivity contribution >= 4 is 34.8 Å². The van der Waals surface area contributed by atoms with Crippen LogP contribution in [0.25, 0.3) is 11.1 Å². The van der Waals surface area contributed by atoms with Crippen LogP contribution in [-0.2, 0) is 0 Å². The number of nitro benzene ring substituents is 1. The number of nitrogens with zero attached hydrogens (tertiary/aromatic N) is 2. The first-order chi connectivity index (χ1) is 17.9. The van der Waals surface area contributed by atoms with Crippen molar-refractivity contribution in [1.29, 1.82) is 0 Å². The molecule has 0 saturated heterocycles. The van der Waals surface area contributed by atoms with Gasteiger partial charge in [-0.05, 0) is 42.0 Å². The van der Waals surface area contributed by atoms with Gasteiger partial charge >= 0.3 is 0 Å². The van der Waals surface area contributed by atoms with E-state index in [1.165, 1.54) is 43.5 Å². The number of rotatable bonds is 6. The number of methoxy groups -OCH3 is 1. The maximum Gasteiger partial charge on any atom is 0.296 e. The van der Waals surface area contributed by atoms with Crippen LogP contribution in [0.1, 0.15) is 31.1 Å². The molecule has 1 heterocycles. The van der Waals surface area contributed by atoms with Gasteiger partial charge in [0, 0.05) is 11.1 Å². The first kappa shape index (κ1) is 23.4. The molecule has 0 unspecified atom stereocenters. The number of carbonyl (C=O) groups excluding carboxylic acids is 3. The molecule has 0 aliphatic carbocycles. The largest absolute Gasteiger partial charge is 0.496 e. The number of para-hydroxylation sites is 1. The van der Waals surface area contributed by atoms with Crippen molar-refractivity contribution in [3.63, 3.8) is 0 Å². The predicted octanol–water partition coefficient (Wildman–Crippen LogP) is 5.32. The Kier molecular flexibility index (Phi) is 5.94. The Hall–Kier alpha value is -5.31. The highest BCUT2D eigenvalue weighted by molar-refractivity contribution is 6.35. The van der Waals surface area contributed by atoms with Crippen LogP contribution in [0.15, 0.2) is 91.0 Å². The van der Waals surface area contributed by atoms with Crippen LogP contribution in [0.4, 0.5) is 17.1 Å². The SMILES string of the molecule is COc1ccc(NC(=O)c2ccc3c(c2)C(=O)N(c2ccccc2-c2ccccc2)C3=O)c([N+](=O)[O-])c1. The second kappa shape index (κ2) is 9.38. The molecule has 9 heteroatoms. The standard InChI is InChI=1S/C28H19N3O6/c1-37-19-12-14-23(25(16-19)31(35)36)29-26(32)18-11-13-21-22(15-18)28(34)30(27(21)33)24-10-6-5-9-20(24)17-7-3-2-4-8-17/h2-16H,1H3,(H,29,32). The van der Waals surface area contributed by atoms with Gasteiger partial charge in [0.1, 0.15) is 11.4 Å². The first-order valence-corrected chi connectivity index (χ1v) is 11.2. The Balaban J connectivity index is 1.47. The minimum atomic E-state index is -0.667. The Labute approximate surface area is 211 Å². The first-order valence-electron chi connectivity index (χ1n) is 11.2. The van der Waals surface area contributed by atoms with Gasteiger partial charge in [-0.3, -0.25) is 24.5 Å². The Morgan fingerprint density at radius 2 is 1.54 bits per heavy atom. The topological polar surface area (TPSA) is 119 Å². The fraction of sp³-hybridized carbons (Fsp3) is 0.0357. The van der Waals surface area contributed by atoms with Gasteiger partial charge in [0.05, 0.1) is 34.9 Å². The highest BCUT2D eigenvalue weighted by atomic mass is 16.6. The molecule has 4 aromatic rings. The van der Waals surface area contributed by atoms with E-state index in [4.69, 9.17) is 4.74 Å². The number of carbonyl (C=O) groups is 3. The number of anilines is 2. The molecule has 9 nitrogen and oxygen atoms in total. The van der Waals surface area contributed by atoms with E-state index in [2.05, 4.69) is 5.32 Å². The summed E-state index contributed by atoms with van der Waals surface area (Å²) in [7, 11) is 1.38. The number of amides is 3. The van der Waals surface area contributed by atoms with Crippen molar-refractivity contribution in [2.45, 2.75) is 0 Å². The van der Waals surface area contributed by atoms with Crippen molar-refractivity contribution in [3.05, 3.63) is 118 Å². The second-order valence-electron chi connectivity index (χ2n) is 8.18. The zero-order valence-corrected chi connectivity index (χ0v) is 19.5. The Morgan fingerprint density at radius 3 is 2.27 bits per heavy atom. The third-order valence-electron chi connectivity index (χ3n) is 6.03. The zero-order valence-electron chi connectivity index (χ0n) is 19.5. The summed E-state index contributed by atoms with van der Waals surface area (Å²) in [6, 6.07) is 24.7. The smallest absolute Gasteiger partial charge is 0.296 e. The van der Waals surface area contributed by atoms with Crippen LogP contribution in [0, 0.1) is 10.1 Å². The van der Waals surface area contributed by atoms with Gasteiger partial charge in [-0.15, -0.1) is 0 Å². The van der Waals surface area contributed by atoms with Gasteiger partial charge in [-0.2, -0.15) is 0 Å². The van der Waals surface area contributed by atoms with Crippen LogP contribution in [-0.4, -0.2) is 29.8 Å². The van der Waals surface area contributed by atoms with Crippen LogP contribution in [0.2, 0.25) is 0 Å². The van der Waals surface area contributed by atoms with Gasteiger partial charge in [0.2, 0.25) is 0 Å². The van der Waals surface area contributed by atoms with Crippen molar-refractivity contribution in [2.75, 3.05) is 17.3 Å². The zero-order chi connectivity index (χ0) is 26.1. The van der Waals surface area contributed by atoms with E-state index in [0.717, 1.165) is 10.5 Å². The lowest BCUT2D eigenvalue weighted by molar-refractivity contribution is -0.384. The molecular weight excluding hydrogens is 474 g/mol. The normalized spacial score (nSPS) is 12.3. The Morgan fingerprint density at radius 1 is 0.838 bits per heavy atom. The summed E-state index contributed by atoms with van der Waals surface area (Å²) in [5, 5.41) is 14.0. The van der Waals surface area contributed by atoms with E-state index in [1.54, 1.807) is 12.1 Å². The summed E-state index contributed by atoms with van der Waals surface area (Å²) < 4.78 is 5.01. The fourth-order valence-corrected chi connectivity index (χ4v) is 4.22. The number of benzene rings is 4. The van der Waals surface area contributed by atoms with E-state index in [1.807, 2.05) is 42.5 Å². The number of nitrogens with one attached hydrogen (secondary N) is 1. The average Bonchev–Trinajstić information content (AvgIpc) is 3.18. The van der Waals surface area contributed by atoms with Crippen LogP contribution >= 0.6 is 0 Å². The maximum atomic E-state index is 13.4. The summed E-state index contributed by atoms with van der Waals surface area (Å²) in [4.78, 5) is 51.5. The summed E-state index contributed by atoms with van der Waals surface area (Å²) in [6.45, 7) is 0. The fourth-order valence-electron chi connectivity index (χ4n) is 4.22. The summed E-state index contributed by atoms with van der Waals surface area (Å²) >= 11 is 0. The molecule has 0 fully saturated rings. The van der Waals surface area contributed by atoms with Crippen molar-refractivity contribution in [2.24, 2.45) is 0 Å². The van der Waals surface area contributed by atoms with E-state index in [9.17, 15) is 24.5 Å². The van der Waals surface area contributed by atoms with E-state index in [-0.39, 0.29) is 33.8 Å². The Bertz CT molecular complexity index is 1580. The monoisotopic (exact) mass is 493 g/mol. The molecule has 182 valence electrons. The molecule has 0 aromatic heterocycles. The lowest BCUT2D eigenvalue weighted by Gasteiger charge is -2.18. The minimum absolute atomic E-state index is 0.0304. The van der Waals surface area contributed by atoms with Gasteiger partial charge in [0.25, 0.3) is 23.4 Å². The van der Waals surface area contributed by atoms with Crippen molar-refractivity contribution in [1.82, 2.24) is 0 Å². The number of hydrogen-bond acceptors (Lipinski definition) is 6. The van der Waals surface area contributed by atoms with Crippen molar-refractivity contribution in [3.8, 4) is 16.9 Å². The molecule has 37 heavy (non-hydrogen) atoms. The molecule has 4 aromatic carbocycles. The number of nitro groups is 1. The highest BCUT2D eigenvalue weighted by Gasteiger charge is 2.38. The highest BCUT2D eigenvalue weighted by Crippen LogP contribution is 2.36. The minimum Gasteiger partial charge on any atom is -0.496 e. The van der Waals surface area contributed by atoms with E-state index >= 15 is 0 Å². The quantitative estimate of drug-likeness (QED) is 0.221. The molecule has 1 aliphatic rings. The molecule has 3 amide bonds. The average molecular weight is 493 g/mol. The van der Waals surface area contributed by atoms with Gasteiger partial charge < -0.3 is 10.1 Å². The molecule has 1 aliphatic heterocycles. The predicted molar refractivity (Wildman–Crippen MR) is 137 cm³/mol. The van der Waals surface area contributed by atoms with Gasteiger partial charge in [-0.25, -0.2) is 4.90 Å². The number of fused-ring (bicyclic) bond motifs is 1. The number of hydrogen-bond donors (Lipinski definition) is 1. The lowest BCUT2D eigenvalue weighted by atomic mass is 10.0. The molecule has 0 radical (unpaired) electrons. The third-order valence-corrected chi connectivity index (χ3v) is 6.03. The molecule has 5 rings (SSSR count).